The van der Waals surface area contributed by atoms with Gasteiger partial charge in [-0.25, -0.2) is 0 Å². The molecule has 2 N–H and O–H groups in total. The fourth-order valence-electron chi connectivity index (χ4n) is 1.15. The molecule has 3 heteroatoms. The summed E-state index contributed by atoms with van der Waals surface area (Å²) in [7, 11) is 0. The Bertz CT molecular complexity index is 293. The molecule has 0 spiro atoms. The predicted molar refractivity (Wildman–Crippen MR) is 56.2 cm³/mol. The molecular formula is C11H15NO2. The van der Waals surface area contributed by atoms with Gasteiger partial charge in [-0.3, -0.25) is 4.79 Å². The number of rotatable bonds is 4. The summed E-state index contributed by atoms with van der Waals surface area (Å²) in [4.78, 5) is 11.1. The second-order valence-electron chi connectivity index (χ2n) is 3.07. The molecule has 76 valence electrons. The van der Waals surface area contributed by atoms with Crippen LogP contribution in [0.25, 0.3) is 0 Å². The van der Waals surface area contributed by atoms with Crippen LogP contribution in [0.2, 0.25) is 0 Å². The normalized spacial score (nSPS) is 9.86. The minimum atomic E-state index is -0.156. The van der Waals surface area contributed by atoms with Crippen LogP contribution < -0.4 is 5.32 Å². The van der Waals surface area contributed by atoms with E-state index in [1.54, 1.807) is 0 Å². The molecule has 0 heterocycles. The number of nitrogens with one attached hydrogen (secondary N) is 1. The average Bonchev–Trinajstić information content (AvgIpc) is 2.19. The molecule has 0 bridgehead atoms. The van der Waals surface area contributed by atoms with Crippen molar-refractivity contribution in [3.63, 3.8) is 0 Å². The monoisotopic (exact) mass is 193 g/mol. The van der Waals surface area contributed by atoms with Crippen molar-refractivity contribution in [3.8, 4) is 0 Å². The Morgan fingerprint density at radius 3 is 2.50 bits per heavy atom. The lowest BCUT2D eigenvalue weighted by atomic mass is 10.1. The summed E-state index contributed by atoms with van der Waals surface area (Å²) >= 11 is 0. The number of hydrogen-bond donors (Lipinski definition) is 2. The number of carbonyl (C=O) groups is 1. The maximum Gasteiger partial charge on any atom is 0.226 e. The summed E-state index contributed by atoms with van der Waals surface area (Å²) in [6.45, 7) is 1.97. The molecular weight excluding hydrogens is 178 g/mol. The molecule has 0 saturated carbocycles. The molecule has 0 fully saturated rings. The lowest BCUT2D eigenvalue weighted by Gasteiger charge is -2.04. The van der Waals surface area contributed by atoms with E-state index in [0.29, 0.717) is 0 Å². The molecule has 1 aromatic carbocycles. The van der Waals surface area contributed by atoms with Crippen LogP contribution in [0, 0.1) is 0 Å². The molecule has 0 aromatic heterocycles. The van der Waals surface area contributed by atoms with Crippen LogP contribution in [0.15, 0.2) is 24.3 Å². The number of aliphatic hydroxyl groups is 1. The van der Waals surface area contributed by atoms with E-state index in [2.05, 4.69) is 12.2 Å². The Hall–Kier alpha value is -1.35. The second-order valence-corrected chi connectivity index (χ2v) is 3.07. The zero-order valence-electron chi connectivity index (χ0n) is 8.29. The molecule has 0 aliphatic heterocycles. The van der Waals surface area contributed by atoms with Crippen molar-refractivity contribution >= 4 is 11.6 Å². The first-order valence-corrected chi connectivity index (χ1v) is 4.76. The van der Waals surface area contributed by atoms with E-state index >= 15 is 0 Å². The Kier molecular flexibility index (Phi) is 4.13. The van der Waals surface area contributed by atoms with Gasteiger partial charge in [0.05, 0.1) is 13.0 Å². The van der Waals surface area contributed by atoms with Crippen LogP contribution in [0.1, 0.15) is 18.9 Å². The predicted octanol–water partition coefficient (Wildman–Crippen LogP) is 1.57. The number of aryl methyl sites for hydroxylation is 1. The standard InChI is InChI=1S/C11H15NO2/c1-2-9-3-5-10(6-4-9)12-11(14)7-8-13/h3-6,13H,2,7-8H2,1H3,(H,12,14). The first-order chi connectivity index (χ1) is 6.76. The summed E-state index contributed by atoms with van der Waals surface area (Å²) in [5, 5.41) is 11.2. The van der Waals surface area contributed by atoms with Crippen LogP contribution in [0.5, 0.6) is 0 Å². The van der Waals surface area contributed by atoms with Gasteiger partial charge in [0, 0.05) is 5.69 Å². The van der Waals surface area contributed by atoms with Gasteiger partial charge in [-0.15, -0.1) is 0 Å². The van der Waals surface area contributed by atoms with E-state index in [4.69, 9.17) is 5.11 Å². The average molecular weight is 193 g/mol. The van der Waals surface area contributed by atoms with Crippen LogP contribution >= 0.6 is 0 Å². The van der Waals surface area contributed by atoms with Crippen LogP contribution in [0.3, 0.4) is 0 Å². The van der Waals surface area contributed by atoms with Crippen LogP contribution in [-0.4, -0.2) is 17.6 Å². The first-order valence-electron chi connectivity index (χ1n) is 4.76. The lowest BCUT2D eigenvalue weighted by molar-refractivity contribution is -0.116. The fourth-order valence-corrected chi connectivity index (χ4v) is 1.15. The maximum atomic E-state index is 11.1. The molecule has 1 rings (SSSR count). The third-order valence-corrected chi connectivity index (χ3v) is 1.98. The van der Waals surface area contributed by atoms with Gasteiger partial charge < -0.3 is 10.4 Å². The Balaban J connectivity index is 2.55. The quantitative estimate of drug-likeness (QED) is 0.762. The molecule has 0 unspecified atom stereocenters. The van der Waals surface area contributed by atoms with Crippen molar-refractivity contribution in [2.45, 2.75) is 19.8 Å². The third-order valence-electron chi connectivity index (χ3n) is 1.98. The number of benzene rings is 1. The first kappa shape index (κ1) is 10.7. The molecule has 0 aliphatic carbocycles. The number of amides is 1. The summed E-state index contributed by atoms with van der Waals surface area (Å²) in [5.74, 6) is -0.156. The zero-order chi connectivity index (χ0) is 10.4. The van der Waals surface area contributed by atoms with Gasteiger partial charge in [0.1, 0.15) is 0 Å². The fraction of sp³-hybridized carbons (Fsp3) is 0.364. The highest BCUT2D eigenvalue weighted by molar-refractivity contribution is 5.90. The minimum absolute atomic E-state index is 0.112. The Morgan fingerprint density at radius 1 is 1.36 bits per heavy atom. The summed E-state index contributed by atoms with van der Waals surface area (Å²) in [6, 6.07) is 7.70. The molecule has 14 heavy (non-hydrogen) atoms. The molecule has 0 atom stereocenters. The summed E-state index contributed by atoms with van der Waals surface area (Å²) in [6.07, 6.45) is 1.14. The highest BCUT2D eigenvalue weighted by Crippen LogP contribution is 2.09. The maximum absolute atomic E-state index is 11.1. The van der Waals surface area contributed by atoms with E-state index in [9.17, 15) is 4.79 Å². The Morgan fingerprint density at radius 2 is 2.00 bits per heavy atom. The highest BCUT2D eigenvalue weighted by atomic mass is 16.3. The van der Waals surface area contributed by atoms with Crippen LogP contribution in [0.4, 0.5) is 5.69 Å². The van der Waals surface area contributed by atoms with Gasteiger partial charge in [-0.1, -0.05) is 19.1 Å². The molecule has 0 radical (unpaired) electrons. The van der Waals surface area contributed by atoms with E-state index in [1.165, 1.54) is 5.56 Å². The highest BCUT2D eigenvalue weighted by Gasteiger charge is 2.00. The molecule has 1 aromatic rings. The van der Waals surface area contributed by atoms with Gasteiger partial charge in [-0.05, 0) is 24.1 Å². The lowest BCUT2D eigenvalue weighted by Crippen LogP contribution is -2.12. The van der Waals surface area contributed by atoms with E-state index in [0.717, 1.165) is 12.1 Å². The van der Waals surface area contributed by atoms with Crippen molar-refractivity contribution < 1.29 is 9.90 Å². The topological polar surface area (TPSA) is 49.3 Å². The van der Waals surface area contributed by atoms with Crippen molar-refractivity contribution in [3.05, 3.63) is 29.8 Å². The van der Waals surface area contributed by atoms with Gasteiger partial charge >= 0.3 is 0 Å². The SMILES string of the molecule is CCc1ccc(NC(=O)CCO)cc1. The van der Waals surface area contributed by atoms with Crippen molar-refractivity contribution in [1.29, 1.82) is 0 Å². The number of hydrogen-bond acceptors (Lipinski definition) is 2. The number of anilines is 1. The second kappa shape index (κ2) is 5.40. The van der Waals surface area contributed by atoms with Crippen molar-refractivity contribution in [2.75, 3.05) is 11.9 Å². The van der Waals surface area contributed by atoms with E-state index in [-0.39, 0.29) is 18.9 Å². The van der Waals surface area contributed by atoms with Gasteiger partial charge in [-0.2, -0.15) is 0 Å². The van der Waals surface area contributed by atoms with Crippen molar-refractivity contribution in [2.24, 2.45) is 0 Å². The molecule has 3 nitrogen and oxygen atoms in total. The number of aliphatic hydroxyl groups excluding tert-OH is 1. The smallest absolute Gasteiger partial charge is 0.226 e. The molecule has 1 amide bonds. The van der Waals surface area contributed by atoms with Crippen molar-refractivity contribution in [1.82, 2.24) is 0 Å². The minimum Gasteiger partial charge on any atom is -0.396 e. The largest absolute Gasteiger partial charge is 0.396 e. The molecule has 0 saturated heterocycles. The zero-order valence-corrected chi connectivity index (χ0v) is 8.29. The van der Waals surface area contributed by atoms with Gasteiger partial charge in [0.25, 0.3) is 0 Å². The summed E-state index contributed by atoms with van der Waals surface area (Å²) in [5.41, 5.74) is 2.02. The third kappa shape index (κ3) is 3.18. The Labute approximate surface area is 83.8 Å². The van der Waals surface area contributed by atoms with E-state index < -0.39 is 0 Å². The number of carbonyl (C=O) groups excluding carboxylic acids is 1. The summed E-state index contributed by atoms with van der Waals surface area (Å²) < 4.78 is 0. The van der Waals surface area contributed by atoms with E-state index in [1.807, 2.05) is 24.3 Å². The molecule has 0 aliphatic rings. The van der Waals surface area contributed by atoms with Crippen LogP contribution in [-0.2, 0) is 11.2 Å². The van der Waals surface area contributed by atoms with Gasteiger partial charge in [0.2, 0.25) is 5.91 Å². The van der Waals surface area contributed by atoms with Gasteiger partial charge in [0.15, 0.2) is 0 Å².